The van der Waals surface area contributed by atoms with Crippen LogP contribution in [0.1, 0.15) is 18.1 Å². The van der Waals surface area contributed by atoms with Crippen LogP contribution in [0.2, 0.25) is 0 Å². The van der Waals surface area contributed by atoms with E-state index >= 15 is 0 Å². The molecule has 3 aromatic rings. The van der Waals surface area contributed by atoms with Gasteiger partial charge in [0, 0.05) is 30.4 Å². The molecular weight excluding hydrogens is 422 g/mol. The Labute approximate surface area is 191 Å². The smallest absolute Gasteiger partial charge is 0.415 e. The van der Waals surface area contributed by atoms with Crippen molar-refractivity contribution < 1.29 is 19.4 Å². The Morgan fingerprint density at radius 1 is 1.27 bits per heavy atom. The number of carbonyl (C=O) groups excluding carboxylic acids is 1. The molecule has 0 saturated carbocycles. The van der Waals surface area contributed by atoms with E-state index in [1.807, 2.05) is 18.2 Å². The van der Waals surface area contributed by atoms with Crippen molar-refractivity contribution in [2.45, 2.75) is 25.5 Å². The molecule has 33 heavy (non-hydrogen) atoms. The summed E-state index contributed by atoms with van der Waals surface area (Å²) in [7, 11) is 3.77. The molecule has 2 N–H and O–H groups in total. The fraction of sp³-hybridized carbons (Fsp3) is 0.375. The lowest BCUT2D eigenvalue weighted by Crippen LogP contribution is -2.34. The van der Waals surface area contributed by atoms with Crippen molar-refractivity contribution in [2.75, 3.05) is 44.1 Å². The van der Waals surface area contributed by atoms with Crippen LogP contribution in [-0.2, 0) is 17.7 Å². The lowest BCUT2D eigenvalue weighted by Gasteiger charge is -2.26. The summed E-state index contributed by atoms with van der Waals surface area (Å²) >= 11 is 0. The van der Waals surface area contributed by atoms with E-state index in [0.717, 1.165) is 36.3 Å². The molecule has 2 aliphatic rings. The SMILES string of the molecule is COc1cc2c(cc1Nc1ncc3ccc(N4C[C@](C)(CO)OC4=O)cc3n1)CN(C)CC2. The van der Waals surface area contributed by atoms with Crippen LogP contribution in [0, 0.1) is 0 Å². The number of cyclic esters (lactones) is 1. The highest BCUT2D eigenvalue weighted by Gasteiger charge is 2.41. The van der Waals surface area contributed by atoms with Gasteiger partial charge in [-0.25, -0.2) is 14.8 Å². The van der Waals surface area contributed by atoms with Crippen molar-refractivity contribution in [3.8, 4) is 5.75 Å². The Bertz CT molecular complexity index is 1230. The summed E-state index contributed by atoms with van der Waals surface area (Å²) in [5, 5.41) is 13.7. The Kier molecular flexibility index (Phi) is 5.30. The highest BCUT2D eigenvalue weighted by Crippen LogP contribution is 2.34. The molecule has 0 spiro atoms. The average Bonchev–Trinajstić information content (AvgIpc) is 3.13. The van der Waals surface area contributed by atoms with E-state index in [1.165, 1.54) is 16.0 Å². The second-order valence-corrected chi connectivity index (χ2v) is 8.93. The van der Waals surface area contributed by atoms with Crippen LogP contribution in [0.3, 0.4) is 0 Å². The molecule has 1 aromatic heterocycles. The van der Waals surface area contributed by atoms with Gasteiger partial charge >= 0.3 is 6.09 Å². The maximum absolute atomic E-state index is 12.3. The first-order valence-corrected chi connectivity index (χ1v) is 10.9. The van der Waals surface area contributed by atoms with Gasteiger partial charge in [-0.05, 0) is 61.9 Å². The van der Waals surface area contributed by atoms with Crippen molar-refractivity contribution >= 4 is 34.3 Å². The van der Waals surface area contributed by atoms with Crippen molar-refractivity contribution in [3.05, 3.63) is 47.7 Å². The number of benzene rings is 2. The van der Waals surface area contributed by atoms with Crippen LogP contribution in [0.4, 0.5) is 22.1 Å². The molecule has 2 aromatic carbocycles. The molecule has 0 unspecified atom stereocenters. The molecule has 2 aliphatic heterocycles. The summed E-state index contributed by atoms with van der Waals surface area (Å²) in [6.07, 6.45) is 2.25. The van der Waals surface area contributed by atoms with Gasteiger partial charge in [-0.15, -0.1) is 0 Å². The van der Waals surface area contributed by atoms with Crippen LogP contribution in [0.15, 0.2) is 36.5 Å². The number of ether oxygens (including phenoxy) is 2. The maximum atomic E-state index is 12.3. The summed E-state index contributed by atoms with van der Waals surface area (Å²) in [6, 6.07) is 9.70. The molecule has 1 amide bonds. The van der Waals surface area contributed by atoms with Gasteiger partial charge in [-0.2, -0.15) is 0 Å². The van der Waals surface area contributed by atoms with E-state index in [9.17, 15) is 9.90 Å². The van der Waals surface area contributed by atoms with E-state index in [-0.39, 0.29) is 13.2 Å². The van der Waals surface area contributed by atoms with Gasteiger partial charge in [-0.3, -0.25) is 4.90 Å². The van der Waals surface area contributed by atoms with E-state index in [2.05, 4.69) is 39.4 Å². The third kappa shape index (κ3) is 4.05. The first-order chi connectivity index (χ1) is 15.9. The monoisotopic (exact) mass is 449 g/mol. The second-order valence-electron chi connectivity index (χ2n) is 8.93. The fourth-order valence-electron chi connectivity index (χ4n) is 4.33. The van der Waals surface area contributed by atoms with E-state index < -0.39 is 11.7 Å². The van der Waals surface area contributed by atoms with Gasteiger partial charge in [0.15, 0.2) is 5.60 Å². The number of aliphatic hydroxyl groups excluding tert-OH is 1. The topological polar surface area (TPSA) is 100 Å². The zero-order valence-electron chi connectivity index (χ0n) is 19.0. The summed E-state index contributed by atoms with van der Waals surface area (Å²) in [6.45, 7) is 3.65. The van der Waals surface area contributed by atoms with Gasteiger partial charge in [0.1, 0.15) is 5.75 Å². The number of anilines is 3. The number of aromatic nitrogens is 2. The minimum absolute atomic E-state index is 0.239. The molecule has 172 valence electrons. The van der Waals surface area contributed by atoms with Crippen molar-refractivity contribution in [1.29, 1.82) is 0 Å². The molecule has 5 rings (SSSR count). The molecule has 0 aliphatic carbocycles. The Balaban J connectivity index is 1.45. The summed E-state index contributed by atoms with van der Waals surface area (Å²) in [5.41, 5.74) is 3.79. The molecule has 9 heteroatoms. The van der Waals surface area contributed by atoms with Gasteiger partial charge in [-0.1, -0.05) is 0 Å². The third-order valence-corrected chi connectivity index (χ3v) is 6.23. The molecular formula is C24H27N5O4. The van der Waals surface area contributed by atoms with E-state index in [0.29, 0.717) is 17.2 Å². The number of likely N-dealkylation sites (N-methyl/N-ethyl adjacent to an activating group) is 1. The second kappa shape index (κ2) is 8.17. The van der Waals surface area contributed by atoms with Gasteiger partial charge in [0.25, 0.3) is 0 Å². The van der Waals surface area contributed by atoms with Crippen LogP contribution in [0.25, 0.3) is 10.9 Å². The molecule has 3 heterocycles. The number of carbonyl (C=O) groups is 1. The molecule has 0 radical (unpaired) electrons. The predicted molar refractivity (Wildman–Crippen MR) is 125 cm³/mol. The lowest BCUT2D eigenvalue weighted by molar-refractivity contribution is 0.0219. The Hall–Kier alpha value is -3.43. The van der Waals surface area contributed by atoms with Crippen LogP contribution >= 0.6 is 0 Å². The molecule has 1 fully saturated rings. The van der Waals surface area contributed by atoms with Crippen LogP contribution < -0.4 is 15.0 Å². The number of rotatable bonds is 5. The van der Waals surface area contributed by atoms with Crippen LogP contribution in [0.5, 0.6) is 5.75 Å². The van der Waals surface area contributed by atoms with Crippen molar-refractivity contribution in [2.24, 2.45) is 0 Å². The van der Waals surface area contributed by atoms with E-state index in [1.54, 1.807) is 20.2 Å². The summed E-state index contributed by atoms with van der Waals surface area (Å²) < 4.78 is 10.9. The standard InChI is InChI=1S/C24H27N5O4/c1-24(14-30)13-29(23(31)33-24)18-5-4-16-11-25-22(26-19(16)10-18)27-20-8-17-12-28(2)7-6-15(17)9-21(20)32-3/h4-5,8-11,30H,6-7,12-14H2,1-3H3,(H,25,26,27)/t24-/m1/s1. The minimum Gasteiger partial charge on any atom is -0.495 e. The molecule has 1 saturated heterocycles. The largest absolute Gasteiger partial charge is 0.495 e. The first-order valence-electron chi connectivity index (χ1n) is 10.9. The van der Waals surface area contributed by atoms with Crippen molar-refractivity contribution in [3.63, 3.8) is 0 Å². The number of nitrogens with one attached hydrogen (secondary N) is 1. The number of methoxy groups -OCH3 is 1. The molecule has 0 bridgehead atoms. The summed E-state index contributed by atoms with van der Waals surface area (Å²) in [4.78, 5) is 25.3. The number of aliphatic hydroxyl groups is 1. The van der Waals surface area contributed by atoms with Crippen molar-refractivity contribution in [1.82, 2.24) is 14.9 Å². The predicted octanol–water partition coefficient (Wildman–Crippen LogP) is 3.08. The summed E-state index contributed by atoms with van der Waals surface area (Å²) in [5.74, 6) is 1.19. The first kappa shape index (κ1) is 21.4. The highest BCUT2D eigenvalue weighted by atomic mass is 16.6. The number of hydrogen-bond donors (Lipinski definition) is 2. The normalized spacial score (nSPS) is 20.6. The Morgan fingerprint density at radius 2 is 2.12 bits per heavy atom. The zero-order valence-corrected chi connectivity index (χ0v) is 19.0. The van der Waals surface area contributed by atoms with Gasteiger partial charge in [0.2, 0.25) is 5.95 Å². The van der Waals surface area contributed by atoms with E-state index in [4.69, 9.17) is 9.47 Å². The van der Waals surface area contributed by atoms with Gasteiger partial charge in [0.05, 0.1) is 31.5 Å². The molecule has 1 atom stereocenters. The third-order valence-electron chi connectivity index (χ3n) is 6.23. The molecule has 9 nitrogen and oxygen atoms in total. The quantitative estimate of drug-likeness (QED) is 0.613. The minimum atomic E-state index is -0.915. The average molecular weight is 450 g/mol. The number of nitrogens with zero attached hydrogens (tertiary/aromatic N) is 4. The maximum Gasteiger partial charge on any atom is 0.415 e. The Morgan fingerprint density at radius 3 is 2.88 bits per heavy atom. The zero-order chi connectivity index (χ0) is 23.2. The fourth-order valence-corrected chi connectivity index (χ4v) is 4.33. The highest BCUT2D eigenvalue weighted by molar-refractivity contribution is 5.93. The van der Waals surface area contributed by atoms with Gasteiger partial charge < -0.3 is 24.8 Å². The number of amides is 1. The van der Waals surface area contributed by atoms with Crippen LogP contribution in [-0.4, -0.2) is 65.5 Å². The number of fused-ring (bicyclic) bond motifs is 2. The lowest BCUT2D eigenvalue weighted by atomic mass is 9.99. The number of hydrogen-bond acceptors (Lipinski definition) is 8.